The van der Waals surface area contributed by atoms with Gasteiger partial charge in [0.2, 0.25) is 5.91 Å². The van der Waals surface area contributed by atoms with E-state index in [1.807, 2.05) is 17.0 Å². The fourth-order valence-electron chi connectivity index (χ4n) is 7.25. The number of nitrogens with zero attached hydrogens (tertiary/aromatic N) is 3. The topological polar surface area (TPSA) is 101 Å². The van der Waals surface area contributed by atoms with Gasteiger partial charge in [-0.05, 0) is 72.6 Å². The zero-order chi connectivity index (χ0) is 25.8. The van der Waals surface area contributed by atoms with E-state index in [4.69, 9.17) is 31.8 Å². The Balaban J connectivity index is 1.27. The summed E-state index contributed by atoms with van der Waals surface area (Å²) in [6.07, 6.45) is 4.79. The Labute approximate surface area is 221 Å². The molecule has 2 N–H and O–H groups in total. The Kier molecular flexibility index (Phi) is 6.19. The molecule has 3 atom stereocenters. The van der Waals surface area contributed by atoms with Crippen molar-refractivity contribution in [1.82, 2.24) is 9.88 Å². The maximum absolute atomic E-state index is 14.8. The largest absolute Gasteiger partial charge is 0.381 e. The van der Waals surface area contributed by atoms with Crippen molar-refractivity contribution >= 4 is 28.3 Å². The predicted octanol–water partition coefficient (Wildman–Crippen LogP) is 4.01. The van der Waals surface area contributed by atoms with Gasteiger partial charge < -0.3 is 15.2 Å². The van der Waals surface area contributed by atoms with E-state index < -0.39 is 17.1 Å². The second-order valence-electron chi connectivity index (χ2n) is 11.2. The van der Waals surface area contributed by atoms with Gasteiger partial charge in [0.25, 0.3) is 0 Å². The zero-order valence-corrected chi connectivity index (χ0v) is 21.6. The molecule has 3 aliphatic heterocycles. The van der Waals surface area contributed by atoms with E-state index in [9.17, 15) is 14.4 Å². The fraction of sp³-hybridized carbons (Fsp3) is 0.607. The number of pyridine rings is 1. The van der Waals surface area contributed by atoms with Crippen LogP contribution in [0.3, 0.4) is 0 Å². The number of primary amides is 1. The lowest BCUT2D eigenvalue weighted by molar-refractivity contribution is -0.122. The standard InChI is InChI=1S/C28H32ClFN4O3/c29-22-12-20-14-33-24(28(25(32)35)16-26(28)3-8-36-9-4-26)13-19(20)11-21(22)18-1-6-34(7-2-18)27(17-31)5-10-37-15-23(27)30/h11-14,18,23H,1-10,15-16H2,(H2,32,35). The summed E-state index contributed by atoms with van der Waals surface area (Å²) < 4.78 is 25.6. The summed E-state index contributed by atoms with van der Waals surface area (Å²) in [5.41, 5.74) is 5.77. The highest BCUT2D eigenvalue weighted by molar-refractivity contribution is 6.32. The van der Waals surface area contributed by atoms with Crippen LogP contribution in [0.15, 0.2) is 24.4 Å². The van der Waals surface area contributed by atoms with E-state index in [2.05, 4.69) is 12.1 Å². The summed E-state index contributed by atoms with van der Waals surface area (Å²) in [5.74, 6) is -0.111. The molecule has 0 radical (unpaired) electrons. The number of nitrogens with two attached hydrogens (primary N) is 1. The number of fused-ring (bicyclic) bond motifs is 1. The molecule has 3 unspecified atom stereocenters. The van der Waals surface area contributed by atoms with Crippen LogP contribution in [0.1, 0.15) is 55.7 Å². The summed E-state index contributed by atoms with van der Waals surface area (Å²) in [4.78, 5) is 19.5. The van der Waals surface area contributed by atoms with Crippen molar-refractivity contribution < 1.29 is 18.7 Å². The Bertz CT molecular complexity index is 1270. The number of carbonyl (C=O) groups excluding carboxylic acids is 1. The van der Waals surface area contributed by atoms with Gasteiger partial charge in [-0.15, -0.1) is 0 Å². The molecule has 1 aromatic heterocycles. The van der Waals surface area contributed by atoms with Crippen LogP contribution in [0.2, 0.25) is 5.02 Å². The summed E-state index contributed by atoms with van der Waals surface area (Å²) >= 11 is 6.75. The summed E-state index contributed by atoms with van der Waals surface area (Å²) in [5, 5.41) is 12.5. The minimum Gasteiger partial charge on any atom is -0.381 e. The van der Waals surface area contributed by atoms with Crippen LogP contribution in [-0.2, 0) is 19.7 Å². The van der Waals surface area contributed by atoms with Gasteiger partial charge in [-0.1, -0.05) is 11.6 Å². The Morgan fingerprint density at radius 2 is 1.86 bits per heavy atom. The number of nitriles is 1. The number of hydrogen-bond donors (Lipinski definition) is 1. The van der Waals surface area contributed by atoms with E-state index in [0.717, 1.165) is 54.1 Å². The first-order chi connectivity index (χ1) is 17.8. The molecule has 1 amide bonds. The Morgan fingerprint density at radius 3 is 2.54 bits per heavy atom. The van der Waals surface area contributed by atoms with Crippen LogP contribution in [0.4, 0.5) is 4.39 Å². The molecule has 1 spiro atoms. The lowest BCUT2D eigenvalue weighted by Gasteiger charge is -2.46. The van der Waals surface area contributed by atoms with Gasteiger partial charge in [-0.25, -0.2) is 4.39 Å². The molecular weight excluding hydrogens is 495 g/mol. The molecule has 1 aliphatic carbocycles. The highest BCUT2D eigenvalue weighted by Crippen LogP contribution is 2.69. The molecular formula is C28H32ClFN4O3. The Hall–Kier alpha value is -2.31. The van der Waals surface area contributed by atoms with E-state index in [1.54, 1.807) is 6.20 Å². The zero-order valence-electron chi connectivity index (χ0n) is 20.8. The summed E-state index contributed by atoms with van der Waals surface area (Å²) in [6, 6.07) is 8.35. The van der Waals surface area contributed by atoms with Gasteiger partial charge in [0.1, 0.15) is 5.54 Å². The van der Waals surface area contributed by atoms with Gasteiger partial charge in [-0.3, -0.25) is 14.7 Å². The van der Waals surface area contributed by atoms with Crippen molar-refractivity contribution in [1.29, 1.82) is 5.26 Å². The molecule has 4 fully saturated rings. The highest BCUT2D eigenvalue weighted by Gasteiger charge is 2.72. The van der Waals surface area contributed by atoms with E-state index >= 15 is 0 Å². The van der Waals surface area contributed by atoms with Crippen molar-refractivity contribution in [2.45, 2.75) is 61.6 Å². The van der Waals surface area contributed by atoms with Crippen molar-refractivity contribution in [2.24, 2.45) is 11.1 Å². The average molecular weight is 527 g/mol. The second kappa shape index (κ2) is 9.16. The van der Waals surface area contributed by atoms with Crippen LogP contribution < -0.4 is 5.73 Å². The third kappa shape index (κ3) is 3.77. The number of carbonyl (C=O) groups is 1. The van der Waals surface area contributed by atoms with E-state index in [1.165, 1.54) is 0 Å². The molecule has 37 heavy (non-hydrogen) atoms. The van der Waals surface area contributed by atoms with Crippen LogP contribution in [0.25, 0.3) is 10.8 Å². The molecule has 3 saturated heterocycles. The van der Waals surface area contributed by atoms with Crippen LogP contribution in [0.5, 0.6) is 0 Å². The molecule has 196 valence electrons. The first kappa shape index (κ1) is 25.0. The van der Waals surface area contributed by atoms with Crippen molar-refractivity contribution in [3.8, 4) is 6.07 Å². The highest BCUT2D eigenvalue weighted by atomic mass is 35.5. The monoisotopic (exact) mass is 526 g/mol. The molecule has 1 aromatic carbocycles. The van der Waals surface area contributed by atoms with Crippen molar-refractivity contribution in [3.63, 3.8) is 0 Å². The van der Waals surface area contributed by atoms with Crippen LogP contribution in [0, 0.1) is 16.7 Å². The van der Waals surface area contributed by atoms with Crippen LogP contribution >= 0.6 is 11.6 Å². The number of hydrogen-bond acceptors (Lipinski definition) is 6. The normalized spacial score (nSPS) is 32.3. The number of halogens is 2. The smallest absolute Gasteiger partial charge is 0.230 e. The quantitative estimate of drug-likeness (QED) is 0.646. The minimum absolute atomic E-state index is 0.0263. The first-order valence-corrected chi connectivity index (χ1v) is 13.6. The van der Waals surface area contributed by atoms with Crippen LogP contribution in [-0.4, -0.2) is 67.0 Å². The second-order valence-corrected chi connectivity index (χ2v) is 11.6. The van der Waals surface area contributed by atoms with Gasteiger partial charge >= 0.3 is 0 Å². The number of ether oxygens (including phenoxy) is 2. The van der Waals surface area contributed by atoms with Gasteiger partial charge in [0.15, 0.2) is 6.17 Å². The third-order valence-electron chi connectivity index (χ3n) is 9.63. The number of likely N-dealkylation sites (tertiary alicyclic amines) is 1. The maximum atomic E-state index is 14.8. The molecule has 1 saturated carbocycles. The summed E-state index contributed by atoms with van der Waals surface area (Å²) in [6.45, 7) is 2.92. The molecule has 0 bridgehead atoms. The average Bonchev–Trinajstić information content (AvgIpc) is 3.57. The van der Waals surface area contributed by atoms with E-state index in [-0.39, 0.29) is 23.8 Å². The molecule has 4 heterocycles. The molecule has 7 nitrogen and oxygen atoms in total. The maximum Gasteiger partial charge on any atom is 0.230 e. The van der Waals surface area contributed by atoms with E-state index in [0.29, 0.717) is 44.4 Å². The third-order valence-corrected chi connectivity index (χ3v) is 9.96. The van der Waals surface area contributed by atoms with Crippen molar-refractivity contribution in [3.05, 3.63) is 40.7 Å². The minimum atomic E-state index is -1.31. The van der Waals surface area contributed by atoms with Gasteiger partial charge in [0, 0.05) is 55.9 Å². The fourth-order valence-corrected chi connectivity index (χ4v) is 7.57. The predicted molar refractivity (Wildman–Crippen MR) is 137 cm³/mol. The number of aromatic nitrogens is 1. The summed E-state index contributed by atoms with van der Waals surface area (Å²) in [7, 11) is 0. The number of benzene rings is 1. The van der Waals surface area contributed by atoms with Crippen molar-refractivity contribution in [2.75, 3.05) is 39.5 Å². The number of amides is 1. The molecule has 4 aliphatic rings. The lowest BCUT2D eigenvalue weighted by Crippen LogP contribution is -2.60. The molecule has 6 rings (SSSR count). The number of rotatable bonds is 4. The van der Waals surface area contributed by atoms with Gasteiger partial charge in [0.05, 0.1) is 23.8 Å². The number of alkyl halides is 1. The lowest BCUT2D eigenvalue weighted by atomic mass is 9.81. The number of piperidine rings is 1. The molecule has 9 heteroatoms. The first-order valence-electron chi connectivity index (χ1n) is 13.2. The van der Waals surface area contributed by atoms with Gasteiger partial charge in [-0.2, -0.15) is 5.26 Å². The molecule has 2 aromatic rings. The SMILES string of the molecule is N#CC1(N2CCC(c3cc4cc(C5(C(N)=O)CC56CCOCC6)ncc4cc3Cl)CC2)CCOCC1F. The Morgan fingerprint density at radius 1 is 1.14 bits per heavy atom.